The van der Waals surface area contributed by atoms with Crippen LogP contribution in [0.15, 0.2) is 36.9 Å². The Balaban J connectivity index is 5.11. The first-order valence-electron chi connectivity index (χ1n) is 5.65. The van der Waals surface area contributed by atoms with Gasteiger partial charge < -0.3 is 4.43 Å². The molecule has 0 heterocycles. The van der Waals surface area contributed by atoms with Gasteiger partial charge in [0, 0.05) is 0 Å². The van der Waals surface area contributed by atoms with Crippen LogP contribution < -0.4 is 0 Å². The van der Waals surface area contributed by atoms with Crippen molar-refractivity contribution < 1.29 is 9.35 Å². The normalized spacial score (nSPS) is 12.8. The Hall–Kier alpha value is -1.36. The minimum absolute atomic E-state index is 0.329. The van der Waals surface area contributed by atoms with Crippen molar-refractivity contribution in [3.8, 4) is 0 Å². The van der Waals surface area contributed by atoms with Crippen LogP contribution in [0.2, 0.25) is 11.1 Å². The van der Waals surface area contributed by atoms with Crippen LogP contribution in [0.5, 0.6) is 0 Å². The Morgan fingerprint density at radius 2 is 1.82 bits per heavy atom. The van der Waals surface area contributed by atoms with E-state index < -0.39 is 13.2 Å². The largest absolute Gasteiger partial charge is 0.540 e. The van der Waals surface area contributed by atoms with Crippen molar-refractivity contribution in [2.75, 3.05) is 0 Å². The van der Waals surface area contributed by atoms with Crippen LogP contribution >= 0.6 is 0 Å². The number of hydrogen-bond donors (Lipinski definition) is 0. The lowest BCUT2D eigenvalue weighted by Gasteiger charge is -2.34. The Bertz CT molecular complexity index is 314. The summed E-state index contributed by atoms with van der Waals surface area (Å²) in [4.78, 5) is 9.74. The summed E-state index contributed by atoms with van der Waals surface area (Å²) in [5.74, 6) is 0. The predicted molar refractivity (Wildman–Crippen MR) is 72.5 cm³/mol. The smallest absolute Gasteiger partial charge is 0.280 e. The number of allylic oxidation sites excluding steroid dienone is 2. The quantitative estimate of drug-likeness (QED) is 0.228. The molecule has 17 heavy (non-hydrogen) atoms. The molecule has 0 saturated carbocycles. The highest BCUT2D eigenvalue weighted by Gasteiger charge is 2.40. The van der Waals surface area contributed by atoms with Crippen LogP contribution in [0.25, 0.3) is 0 Å². The molecule has 0 aromatic rings. The van der Waals surface area contributed by atoms with E-state index in [1.165, 1.54) is 6.26 Å². The van der Waals surface area contributed by atoms with Gasteiger partial charge in [0.2, 0.25) is 0 Å². The highest BCUT2D eigenvalue weighted by Crippen LogP contribution is 2.34. The van der Waals surface area contributed by atoms with Crippen molar-refractivity contribution in [1.29, 1.82) is 0 Å². The van der Waals surface area contributed by atoms with E-state index in [-0.39, 0.29) is 0 Å². The molecule has 4 nitrogen and oxygen atoms in total. The fourth-order valence-corrected chi connectivity index (χ4v) is 5.24. The standard InChI is InChI=1S/C12H21NO3Si/c1-6-7-10-17(11(2)3,12(4)5)16-9-8-13(14)15/h6-12H,1H2,2-5H3/b9-8-,10-7+. The molecular weight excluding hydrogens is 234 g/mol. The van der Waals surface area contributed by atoms with E-state index in [1.54, 1.807) is 6.08 Å². The van der Waals surface area contributed by atoms with Crippen LogP contribution in [0.1, 0.15) is 27.7 Å². The van der Waals surface area contributed by atoms with Gasteiger partial charge in [-0.1, -0.05) is 52.1 Å². The van der Waals surface area contributed by atoms with Gasteiger partial charge in [0.15, 0.2) is 0 Å². The van der Waals surface area contributed by atoms with Gasteiger partial charge >= 0.3 is 0 Å². The maximum Gasteiger partial charge on any atom is 0.280 e. The lowest BCUT2D eigenvalue weighted by atomic mass is 10.5. The van der Waals surface area contributed by atoms with E-state index in [0.717, 1.165) is 6.20 Å². The van der Waals surface area contributed by atoms with Crippen LogP contribution in [-0.4, -0.2) is 13.2 Å². The van der Waals surface area contributed by atoms with Gasteiger partial charge in [-0.25, -0.2) is 0 Å². The monoisotopic (exact) mass is 255 g/mol. The molecule has 0 N–H and O–H groups in total. The van der Waals surface area contributed by atoms with Gasteiger partial charge in [-0.3, -0.25) is 10.1 Å². The van der Waals surface area contributed by atoms with Crippen molar-refractivity contribution in [2.45, 2.75) is 38.8 Å². The Kier molecular flexibility index (Phi) is 6.49. The van der Waals surface area contributed by atoms with Crippen molar-refractivity contribution in [3.05, 3.63) is 47.0 Å². The zero-order valence-corrected chi connectivity index (χ0v) is 11.9. The average Bonchev–Trinajstić information content (AvgIpc) is 2.21. The van der Waals surface area contributed by atoms with Gasteiger partial charge in [-0.15, -0.1) is 0 Å². The topological polar surface area (TPSA) is 52.4 Å². The summed E-state index contributed by atoms with van der Waals surface area (Å²) in [6.45, 7) is 12.0. The first-order chi connectivity index (χ1) is 7.86. The van der Waals surface area contributed by atoms with Gasteiger partial charge in [0.05, 0.1) is 4.92 Å². The number of nitro groups is 1. The predicted octanol–water partition coefficient (Wildman–Crippen LogP) is 3.80. The van der Waals surface area contributed by atoms with Crippen molar-refractivity contribution in [1.82, 2.24) is 0 Å². The second-order valence-electron chi connectivity index (χ2n) is 4.45. The summed E-state index contributed by atoms with van der Waals surface area (Å²) >= 11 is 0. The van der Waals surface area contributed by atoms with Gasteiger partial charge in [0.25, 0.3) is 14.5 Å². The molecule has 0 amide bonds. The molecule has 0 radical (unpaired) electrons. The third kappa shape index (κ3) is 4.56. The minimum Gasteiger partial charge on any atom is -0.540 e. The Labute approximate surface area is 104 Å². The zero-order valence-electron chi connectivity index (χ0n) is 10.9. The van der Waals surface area contributed by atoms with E-state index >= 15 is 0 Å². The molecule has 0 atom stereocenters. The molecule has 0 saturated heterocycles. The average molecular weight is 255 g/mol. The second-order valence-corrected chi connectivity index (χ2v) is 9.03. The summed E-state index contributed by atoms with van der Waals surface area (Å²) < 4.78 is 5.75. The fraction of sp³-hybridized carbons (Fsp3) is 0.500. The van der Waals surface area contributed by atoms with Crippen LogP contribution in [0.3, 0.4) is 0 Å². The fourth-order valence-electron chi connectivity index (χ4n) is 1.78. The lowest BCUT2D eigenvalue weighted by molar-refractivity contribution is -0.403. The third-order valence-electron chi connectivity index (χ3n) is 2.75. The van der Waals surface area contributed by atoms with Gasteiger partial charge in [-0.05, 0) is 11.1 Å². The van der Waals surface area contributed by atoms with Crippen LogP contribution in [0.4, 0.5) is 0 Å². The summed E-state index contributed by atoms with van der Waals surface area (Å²) in [5.41, 5.74) is 2.70. The molecular formula is C12H21NO3Si. The maximum absolute atomic E-state index is 10.3. The zero-order chi connectivity index (χ0) is 13.5. The minimum atomic E-state index is -2.18. The summed E-state index contributed by atoms with van der Waals surface area (Å²) in [7, 11) is -2.18. The van der Waals surface area contributed by atoms with Crippen LogP contribution in [-0.2, 0) is 4.43 Å². The van der Waals surface area contributed by atoms with E-state index in [0.29, 0.717) is 11.1 Å². The van der Waals surface area contributed by atoms with Gasteiger partial charge in [-0.2, -0.15) is 0 Å². The van der Waals surface area contributed by atoms with E-state index in [9.17, 15) is 10.1 Å². The Morgan fingerprint density at radius 1 is 1.29 bits per heavy atom. The highest BCUT2D eigenvalue weighted by atomic mass is 28.4. The molecule has 96 valence electrons. The van der Waals surface area contributed by atoms with Crippen molar-refractivity contribution in [2.24, 2.45) is 0 Å². The molecule has 0 bridgehead atoms. The molecule has 0 aliphatic rings. The summed E-state index contributed by atoms with van der Waals surface area (Å²) in [5, 5.41) is 10.3. The lowest BCUT2D eigenvalue weighted by Crippen LogP contribution is -2.41. The first kappa shape index (κ1) is 15.6. The van der Waals surface area contributed by atoms with Crippen molar-refractivity contribution in [3.63, 3.8) is 0 Å². The molecule has 0 aromatic carbocycles. The summed E-state index contributed by atoms with van der Waals surface area (Å²) in [6, 6.07) is 0. The first-order valence-corrected chi connectivity index (χ1v) is 7.79. The SMILES string of the molecule is C=C/C=C/[Si](O/C=C\[N+](=O)[O-])(C(C)C)C(C)C. The number of nitrogens with zero attached hydrogens (tertiary/aromatic N) is 1. The molecule has 0 unspecified atom stereocenters. The second kappa shape index (κ2) is 7.06. The van der Waals surface area contributed by atoms with Crippen LogP contribution in [0, 0.1) is 10.1 Å². The molecule has 0 fully saturated rings. The summed E-state index contributed by atoms with van der Waals surface area (Å²) in [6.07, 6.45) is 5.62. The number of rotatable bonds is 7. The third-order valence-corrected chi connectivity index (χ3v) is 7.62. The molecule has 0 aliphatic carbocycles. The van der Waals surface area contributed by atoms with Gasteiger partial charge in [0.1, 0.15) is 6.26 Å². The Morgan fingerprint density at radius 3 is 2.18 bits per heavy atom. The maximum atomic E-state index is 10.3. The van der Waals surface area contributed by atoms with E-state index in [4.69, 9.17) is 4.43 Å². The molecule has 0 spiro atoms. The van der Waals surface area contributed by atoms with Crippen molar-refractivity contribution >= 4 is 8.32 Å². The molecule has 0 rings (SSSR count). The molecule has 5 heteroatoms. The molecule has 0 aromatic heterocycles. The molecule has 0 aliphatic heterocycles. The van der Waals surface area contributed by atoms with E-state index in [2.05, 4.69) is 34.3 Å². The van der Waals surface area contributed by atoms with E-state index in [1.807, 2.05) is 11.8 Å². The number of hydrogen-bond acceptors (Lipinski definition) is 3. The highest BCUT2D eigenvalue weighted by molar-refractivity contribution is 6.81.